The standard InChI is InChI=1S/C14H27N3O3/c1-13(2,14(3,4)15)12(20)17-9-7-16(8-10-17)6-5-11(18)19/h5-10,15H2,1-4H3,(H,18,19). The molecule has 1 saturated heterocycles. The SMILES string of the molecule is CC(C)(N)C(C)(C)C(=O)N1CCN(CCC(=O)O)CC1. The highest BCUT2D eigenvalue weighted by atomic mass is 16.4. The maximum absolute atomic E-state index is 12.6. The highest BCUT2D eigenvalue weighted by Gasteiger charge is 2.43. The van der Waals surface area contributed by atoms with Crippen LogP contribution in [0, 0.1) is 5.41 Å². The van der Waals surface area contributed by atoms with E-state index in [1.165, 1.54) is 0 Å². The maximum Gasteiger partial charge on any atom is 0.304 e. The Labute approximate surface area is 120 Å². The van der Waals surface area contributed by atoms with E-state index in [2.05, 4.69) is 4.90 Å². The van der Waals surface area contributed by atoms with Gasteiger partial charge in [-0.2, -0.15) is 0 Å². The summed E-state index contributed by atoms with van der Waals surface area (Å²) >= 11 is 0. The summed E-state index contributed by atoms with van der Waals surface area (Å²) in [6, 6.07) is 0. The van der Waals surface area contributed by atoms with Gasteiger partial charge in [0.1, 0.15) is 0 Å². The van der Waals surface area contributed by atoms with Crippen LogP contribution in [0.15, 0.2) is 0 Å². The van der Waals surface area contributed by atoms with Gasteiger partial charge >= 0.3 is 5.97 Å². The highest BCUT2D eigenvalue weighted by molar-refractivity contribution is 5.83. The first kappa shape index (κ1) is 16.9. The summed E-state index contributed by atoms with van der Waals surface area (Å²) in [5.74, 6) is -0.711. The molecule has 0 bridgehead atoms. The van der Waals surface area contributed by atoms with Crippen LogP contribution in [0.1, 0.15) is 34.1 Å². The van der Waals surface area contributed by atoms with Crippen LogP contribution in [-0.2, 0) is 9.59 Å². The topological polar surface area (TPSA) is 86.9 Å². The number of rotatable bonds is 5. The van der Waals surface area contributed by atoms with E-state index in [0.29, 0.717) is 19.6 Å². The Balaban J connectivity index is 2.53. The third-order valence-electron chi connectivity index (χ3n) is 4.45. The van der Waals surface area contributed by atoms with Gasteiger partial charge in [-0.25, -0.2) is 0 Å². The highest BCUT2D eigenvalue weighted by Crippen LogP contribution is 2.30. The van der Waals surface area contributed by atoms with Gasteiger partial charge < -0.3 is 15.7 Å². The van der Waals surface area contributed by atoms with Crippen molar-refractivity contribution in [3.05, 3.63) is 0 Å². The van der Waals surface area contributed by atoms with E-state index < -0.39 is 16.9 Å². The minimum Gasteiger partial charge on any atom is -0.481 e. The Hall–Kier alpha value is -1.14. The smallest absolute Gasteiger partial charge is 0.304 e. The molecule has 0 aliphatic carbocycles. The quantitative estimate of drug-likeness (QED) is 0.762. The molecule has 0 aromatic rings. The van der Waals surface area contributed by atoms with Crippen LogP contribution in [0.3, 0.4) is 0 Å². The van der Waals surface area contributed by atoms with Crippen LogP contribution in [0.5, 0.6) is 0 Å². The van der Waals surface area contributed by atoms with Gasteiger partial charge in [-0.05, 0) is 27.7 Å². The number of aliphatic carboxylic acids is 1. The van der Waals surface area contributed by atoms with Crippen LogP contribution >= 0.6 is 0 Å². The molecule has 0 radical (unpaired) electrons. The molecule has 1 rings (SSSR count). The molecule has 1 fully saturated rings. The molecule has 0 unspecified atom stereocenters. The third kappa shape index (κ3) is 3.93. The van der Waals surface area contributed by atoms with E-state index in [9.17, 15) is 9.59 Å². The second-order valence-corrected chi connectivity index (χ2v) is 6.62. The van der Waals surface area contributed by atoms with Crippen molar-refractivity contribution in [2.75, 3.05) is 32.7 Å². The molecule has 1 heterocycles. The minimum absolute atomic E-state index is 0.0721. The second-order valence-electron chi connectivity index (χ2n) is 6.62. The van der Waals surface area contributed by atoms with E-state index in [4.69, 9.17) is 10.8 Å². The zero-order valence-corrected chi connectivity index (χ0v) is 13.0. The maximum atomic E-state index is 12.6. The number of carboxylic acid groups (broad SMARTS) is 1. The Bertz CT molecular complexity index is 366. The fourth-order valence-electron chi connectivity index (χ4n) is 2.10. The van der Waals surface area contributed by atoms with Crippen LogP contribution in [0.2, 0.25) is 0 Å². The molecule has 1 aliphatic heterocycles. The number of amides is 1. The fraction of sp³-hybridized carbons (Fsp3) is 0.857. The average molecular weight is 285 g/mol. The third-order valence-corrected chi connectivity index (χ3v) is 4.45. The van der Waals surface area contributed by atoms with E-state index >= 15 is 0 Å². The van der Waals surface area contributed by atoms with Gasteiger partial charge in [-0.1, -0.05) is 0 Å². The number of nitrogens with zero attached hydrogens (tertiary/aromatic N) is 2. The predicted octanol–water partition coefficient (Wildman–Crippen LogP) is 0.369. The van der Waals surface area contributed by atoms with E-state index in [-0.39, 0.29) is 12.3 Å². The van der Waals surface area contributed by atoms with Gasteiger partial charge in [0.05, 0.1) is 11.8 Å². The van der Waals surface area contributed by atoms with Gasteiger partial charge in [0.25, 0.3) is 0 Å². The molecular weight excluding hydrogens is 258 g/mol. The van der Waals surface area contributed by atoms with Crippen LogP contribution in [0.25, 0.3) is 0 Å². The van der Waals surface area contributed by atoms with Crippen molar-refractivity contribution in [1.82, 2.24) is 9.80 Å². The number of nitrogens with two attached hydrogens (primary N) is 1. The van der Waals surface area contributed by atoms with Crippen LogP contribution < -0.4 is 5.73 Å². The second kappa shape index (κ2) is 6.10. The zero-order valence-electron chi connectivity index (χ0n) is 13.0. The first-order valence-corrected chi connectivity index (χ1v) is 7.08. The fourth-order valence-corrected chi connectivity index (χ4v) is 2.10. The van der Waals surface area contributed by atoms with Gasteiger partial charge in [0, 0.05) is 38.3 Å². The molecule has 0 aromatic heterocycles. The number of carbonyl (C=O) groups is 2. The molecule has 6 nitrogen and oxygen atoms in total. The van der Waals surface area contributed by atoms with E-state index in [1.54, 1.807) is 0 Å². The monoisotopic (exact) mass is 285 g/mol. The summed E-state index contributed by atoms with van der Waals surface area (Å²) in [5, 5.41) is 8.68. The first-order valence-electron chi connectivity index (χ1n) is 7.08. The minimum atomic E-state index is -0.783. The van der Waals surface area contributed by atoms with Gasteiger partial charge in [0.2, 0.25) is 5.91 Å². The number of carbonyl (C=O) groups excluding carboxylic acids is 1. The molecule has 0 spiro atoms. The number of carboxylic acids is 1. The van der Waals surface area contributed by atoms with Crippen molar-refractivity contribution >= 4 is 11.9 Å². The van der Waals surface area contributed by atoms with Crippen molar-refractivity contribution in [2.24, 2.45) is 11.1 Å². The van der Waals surface area contributed by atoms with Crippen molar-refractivity contribution < 1.29 is 14.7 Å². The van der Waals surface area contributed by atoms with Crippen LogP contribution in [0.4, 0.5) is 0 Å². The van der Waals surface area contributed by atoms with Gasteiger partial charge in [-0.15, -0.1) is 0 Å². The molecule has 6 heteroatoms. The lowest BCUT2D eigenvalue weighted by atomic mass is 9.74. The summed E-state index contributed by atoms with van der Waals surface area (Å²) in [7, 11) is 0. The predicted molar refractivity (Wildman–Crippen MR) is 77.3 cm³/mol. The number of hydrogen-bond acceptors (Lipinski definition) is 4. The van der Waals surface area contributed by atoms with E-state index in [0.717, 1.165) is 13.1 Å². The molecule has 1 amide bonds. The molecule has 116 valence electrons. The van der Waals surface area contributed by atoms with Crippen molar-refractivity contribution in [1.29, 1.82) is 0 Å². The zero-order chi connectivity index (χ0) is 15.6. The molecular formula is C14H27N3O3. The summed E-state index contributed by atoms with van der Waals surface area (Å²) < 4.78 is 0. The molecule has 1 aliphatic rings. The lowest BCUT2D eigenvalue weighted by Crippen LogP contribution is -2.59. The molecule has 0 atom stereocenters. The molecule has 20 heavy (non-hydrogen) atoms. The van der Waals surface area contributed by atoms with Gasteiger partial charge in [-0.3, -0.25) is 14.5 Å². The summed E-state index contributed by atoms with van der Waals surface area (Å²) in [6.07, 6.45) is 0.148. The Morgan fingerprint density at radius 3 is 2.00 bits per heavy atom. The lowest BCUT2D eigenvalue weighted by Gasteiger charge is -2.43. The Kier molecular flexibility index (Phi) is 5.15. The largest absolute Gasteiger partial charge is 0.481 e. The molecule has 0 saturated carbocycles. The summed E-state index contributed by atoms with van der Waals surface area (Å²) in [4.78, 5) is 27.0. The average Bonchev–Trinajstić information content (AvgIpc) is 2.34. The van der Waals surface area contributed by atoms with E-state index in [1.807, 2.05) is 32.6 Å². The summed E-state index contributed by atoms with van der Waals surface area (Å²) in [6.45, 7) is 10.8. The van der Waals surface area contributed by atoms with Crippen molar-refractivity contribution in [2.45, 2.75) is 39.7 Å². The number of piperazine rings is 1. The summed E-state index contributed by atoms with van der Waals surface area (Å²) in [5.41, 5.74) is 4.91. The lowest BCUT2D eigenvalue weighted by molar-refractivity contribution is -0.146. The normalized spacial score (nSPS) is 18.1. The molecule has 0 aromatic carbocycles. The first-order chi connectivity index (χ1) is 9.05. The number of hydrogen-bond donors (Lipinski definition) is 2. The molecule has 3 N–H and O–H groups in total. The van der Waals surface area contributed by atoms with Gasteiger partial charge in [0.15, 0.2) is 0 Å². The van der Waals surface area contributed by atoms with Crippen molar-refractivity contribution in [3.8, 4) is 0 Å². The van der Waals surface area contributed by atoms with Crippen LogP contribution in [-0.4, -0.2) is 65.0 Å². The van der Waals surface area contributed by atoms with Crippen molar-refractivity contribution in [3.63, 3.8) is 0 Å². The Morgan fingerprint density at radius 1 is 1.10 bits per heavy atom. The Morgan fingerprint density at radius 2 is 1.60 bits per heavy atom.